The van der Waals surface area contributed by atoms with E-state index in [9.17, 15) is 22.8 Å². The lowest BCUT2D eigenvalue weighted by Gasteiger charge is -2.29. The van der Waals surface area contributed by atoms with E-state index in [0.29, 0.717) is 19.3 Å². The fourth-order valence-electron chi connectivity index (χ4n) is 3.22. The smallest absolute Gasteiger partial charge is 0.416 e. The Labute approximate surface area is 138 Å². The Bertz CT molecular complexity index is 615. The normalized spacial score (nSPS) is 21.3. The maximum absolute atomic E-state index is 13.0. The van der Waals surface area contributed by atoms with Crippen LogP contribution in [0, 0.1) is 11.8 Å². The second-order valence-corrected chi connectivity index (χ2v) is 6.25. The van der Waals surface area contributed by atoms with Crippen molar-refractivity contribution in [2.45, 2.75) is 38.4 Å². The van der Waals surface area contributed by atoms with Crippen molar-refractivity contribution in [3.63, 3.8) is 0 Å². The van der Waals surface area contributed by atoms with Crippen LogP contribution in [0.3, 0.4) is 0 Å². The number of alkyl halides is 3. The Morgan fingerprint density at radius 3 is 2.46 bits per heavy atom. The largest absolute Gasteiger partial charge is 0.481 e. The lowest BCUT2D eigenvalue weighted by molar-refractivity contribution is -0.146. The van der Waals surface area contributed by atoms with Crippen LogP contribution in [0.4, 0.5) is 13.2 Å². The van der Waals surface area contributed by atoms with Gasteiger partial charge >= 0.3 is 12.1 Å². The van der Waals surface area contributed by atoms with Gasteiger partial charge in [-0.2, -0.15) is 13.2 Å². The van der Waals surface area contributed by atoms with Crippen LogP contribution >= 0.6 is 0 Å². The van der Waals surface area contributed by atoms with Gasteiger partial charge in [0.05, 0.1) is 11.5 Å². The van der Waals surface area contributed by atoms with Crippen molar-refractivity contribution in [2.24, 2.45) is 11.8 Å². The summed E-state index contributed by atoms with van der Waals surface area (Å²) in [5, 5.41) is 9.09. The number of hydrogen-bond donors (Lipinski definition) is 1. The number of carboxylic acids is 1. The molecule has 1 aromatic carbocycles. The third kappa shape index (κ3) is 4.27. The number of carbonyl (C=O) groups is 2. The maximum Gasteiger partial charge on any atom is 0.416 e. The zero-order valence-electron chi connectivity index (χ0n) is 13.3. The second-order valence-electron chi connectivity index (χ2n) is 6.25. The van der Waals surface area contributed by atoms with Gasteiger partial charge in [0.25, 0.3) is 0 Å². The predicted octanol–water partition coefficient (Wildman–Crippen LogP) is 3.55. The Morgan fingerprint density at radius 2 is 1.83 bits per heavy atom. The highest BCUT2D eigenvalue weighted by Crippen LogP contribution is 2.33. The second kappa shape index (κ2) is 7.23. The van der Waals surface area contributed by atoms with E-state index in [1.807, 2.05) is 0 Å². The number of nitrogens with zero attached hydrogens (tertiary/aromatic N) is 1. The van der Waals surface area contributed by atoms with Gasteiger partial charge in [-0.3, -0.25) is 9.59 Å². The average molecular weight is 343 g/mol. The summed E-state index contributed by atoms with van der Waals surface area (Å²) in [5.74, 6) is -2.21. The van der Waals surface area contributed by atoms with Crippen LogP contribution in [-0.2, 0) is 22.3 Å². The van der Waals surface area contributed by atoms with Gasteiger partial charge < -0.3 is 10.0 Å². The van der Waals surface area contributed by atoms with E-state index in [1.165, 1.54) is 30.1 Å². The van der Waals surface area contributed by atoms with E-state index >= 15 is 0 Å². The third-order valence-corrected chi connectivity index (χ3v) is 4.48. The first-order valence-electron chi connectivity index (χ1n) is 7.83. The third-order valence-electron chi connectivity index (χ3n) is 4.48. The first kappa shape index (κ1) is 18.3. The van der Waals surface area contributed by atoms with Crippen LogP contribution in [0.15, 0.2) is 24.3 Å². The average Bonchev–Trinajstić information content (AvgIpc) is 2.53. The molecule has 2 unspecified atom stereocenters. The van der Waals surface area contributed by atoms with Gasteiger partial charge in [-0.25, -0.2) is 0 Å². The molecule has 2 rings (SSSR count). The van der Waals surface area contributed by atoms with Crippen molar-refractivity contribution >= 4 is 11.9 Å². The van der Waals surface area contributed by atoms with Gasteiger partial charge in [0.2, 0.25) is 5.91 Å². The molecule has 7 heteroatoms. The Hall–Kier alpha value is -2.05. The molecule has 0 heterocycles. The number of aliphatic carboxylic acids is 1. The van der Waals surface area contributed by atoms with Crippen LogP contribution in [0.2, 0.25) is 0 Å². The fourth-order valence-corrected chi connectivity index (χ4v) is 3.22. The van der Waals surface area contributed by atoms with Gasteiger partial charge in [0.1, 0.15) is 0 Å². The lowest BCUT2D eigenvalue weighted by atomic mass is 9.80. The van der Waals surface area contributed by atoms with E-state index in [-0.39, 0.29) is 24.4 Å². The van der Waals surface area contributed by atoms with E-state index in [2.05, 4.69) is 0 Å². The molecule has 0 spiro atoms. The molecule has 4 nitrogen and oxygen atoms in total. The van der Waals surface area contributed by atoms with E-state index < -0.39 is 29.5 Å². The summed E-state index contributed by atoms with van der Waals surface area (Å²) >= 11 is 0. The van der Waals surface area contributed by atoms with Crippen LogP contribution in [-0.4, -0.2) is 28.9 Å². The molecule has 0 aromatic heterocycles. The van der Waals surface area contributed by atoms with E-state index in [4.69, 9.17) is 5.11 Å². The number of amides is 1. The summed E-state index contributed by atoms with van der Waals surface area (Å²) in [4.78, 5) is 24.8. The summed E-state index contributed by atoms with van der Waals surface area (Å²) in [5.41, 5.74) is -0.719. The first-order chi connectivity index (χ1) is 11.2. The van der Waals surface area contributed by atoms with Gasteiger partial charge in [-0.1, -0.05) is 24.6 Å². The Morgan fingerprint density at radius 1 is 1.21 bits per heavy atom. The molecule has 1 fully saturated rings. The van der Waals surface area contributed by atoms with Crippen LogP contribution in [0.25, 0.3) is 0 Å². The van der Waals surface area contributed by atoms with Crippen LogP contribution in [0.5, 0.6) is 0 Å². The van der Waals surface area contributed by atoms with Gasteiger partial charge in [0, 0.05) is 19.5 Å². The lowest BCUT2D eigenvalue weighted by Crippen LogP contribution is -2.36. The molecule has 0 radical (unpaired) electrons. The monoisotopic (exact) mass is 343 g/mol. The zero-order chi connectivity index (χ0) is 17.9. The number of rotatable bonds is 4. The summed E-state index contributed by atoms with van der Waals surface area (Å²) < 4.78 is 39.1. The van der Waals surface area contributed by atoms with Crippen LogP contribution < -0.4 is 0 Å². The molecule has 1 amide bonds. The summed E-state index contributed by atoms with van der Waals surface area (Å²) in [7, 11) is 1.46. The van der Waals surface area contributed by atoms with Crippen LogP contribution in [0.1, 0.15) is 36.8 Å². The highest BCUT2D eigenvalue weighted by Gasteiger charge is 2.35. The molecule has 132 valence electrons. The Kier molecular flexibility index (Phi) is 5.51. The molecule has 1 aromatic rings. The first-order valence-corrected chi connectivity index (χ1v) is 7.83. The molecule has 1 saturated carbocycles. The molecule has 0 saturated heterocycles. The minimum absolute atomic E-state index is 0.0337. The molecule has 1 aliphatic rings. The highest BCUT2D eigenvalue weighted by molar-refractivity contribution is 5.80. The van der Waals surface area contributed by atoms with Gasteiger partial charge in [0.15, 0.2) is 0 Å². The van der Waals surface area contributed by atoms with Crippen molar-refractivity contribution in [3.05, 3.63) is 35.4 Å². The van der Waals surface area contributed by atoms with Gasteiger partial charge in [-0.15, -0.1) is 0 Å². The molecular weight excluding hydrogens is 323 g/mol. The number of carbonyl (C=O) groups excluding carboxylic acids is 1. The molecule has 24 heavy (non-hydrogen) atoms. The number of halogens is 3. The molecule has 0 aliphatic heterocycles. The number of benzene rings is 1. The van der Waals surface area contributed by atoms with E-state index in [1.54, 1.807) is 0 Å². The fraction of sp³-hybridized carbons (Fsp3) is 0.529. The van der Waals surface area contributed by atoms with Crippen molar-refractivity contribution in [2.75, 3.05) is 7.05 Å². The summed E-state index contributed by atoms with van der Waals surface area (Å²) in [6, 6.07) is 5.17. The van der Waals surface area contributed by atoms with Crippen molar-refractivity contribution in [3.8, 4) is 0 Å². The molecular formula is C17H20F3NO3. The molecule has 0 bridgehead atoms. The predicted molar refractivity (Wildman–Crippen MR) is 81.0 cm³/mol. The molecule has 1 aliphatic carbocycles. The van der Waals surface area contributed by atoms with E-state index in [0.717, 1.165) is 6.07 Å². The standard InChI is InChI=1S/C17H20F3NO3/c1-21(10-13-5-2-3-8-14(13)17(18,19)20)15(22)11-6-4-7-12(9-11)16(23)24/h2-3,5,8,11-12H,4,6-7,9-10H2,1H3,(H,23,24). The Balaban J connectivity index is 2.09. The van der Waals surface area contributed by atoms with Crippen molar-refractivity contribution < 1.29 is 27.9 Å². The molecule has 1 N–H and O–H groups in total. The number of carboxylic acid groups (broad SMARTS) is 1. The topological polar surface area (TPSA) is 57.6 Å². The summed E-state index contributed by atoms with van der Waals surface area (Å²) in [6.45, 7) is -0.150. The van der Waals surface area contributed by atoms with Crippen molar-refractivity contribution in [1.82, 2.24) is 4.90 Å². The minimum Gasteiger partial charge on any atom is -0.481 e. The maximum atomic E-state index is 13.0. The van der Waals surface area contributed by atoms with Gasteiger partial charge in [-0.05, 0) is 30.9 Å². The summed E-state index contributed by atoms with van der Waals surface area (Å²) in [6.07, 6.45) is -2.47. The highest BCUT2D eigenvalue weighted by atomic mass is 19.4. The minimum atomic E-state index is -4.47. The molecule has 2 atom stereocenters. The quantitative estimate of drug-likeness (QED) is 0.909. The van der Waals surface area contributed by atoms with Crippen molar-refractivity contribution in [1.29, 1.82) is 0 Å². The SMILES string of the molecule is CN(Cc1ccccc1C(F)(F)F)C(=O)C1CCCC(C(=O)O)C1. The number of hydrogen-bond acceptors (Lipinski definition) is 2. The zero-order valence-corrected chi connectivity index (χ0v) is 13.3.